The average molecular weight is 217 g/mol. The van der Waals surface area contributed by atoms with E-state index in [2.05, 4.69) is 48.6 Å². The molecule has 0 N–H and O–H groups in total. The van der Waals surface area contributed by atoms with Gasteiger partial charge in [0, 0.05) is 11.8 Å². The normalized spacial score (nSPS) is 16.5. The average Bonchev–Trinajstić information content (AvgIpc) is 2.80. The first-order chi connectivity index (χ1) is 8.40. The number of nitrogens with zero attached hydrogens (tertiary/aromatic N) is 1. The molecule has 1 aromatic heterocycles. The van der Waals surface area contributed by atoms with E-state index in [1.54, 1.807) is 0 Å². The highest BCUT2D eigenvalue weighted by atomic mass is 14.7. The molecule has 0 amide bonds. The topological polar surface area (TPSA) is 12.9 Å². The van der Waals surface area contributed by atoms with Crippen LogP contribution in [-0.4, -0.2) is 4.98 Å². The molecule has 0 unspecified atom stereocenters. The molecule has 1 nitrogen and oxygen atoms in total. The van der Waals surface area contributed by atoms with Crippen molar-refractivity contribution in [3.05, 3.63) is 71.0 Å². The first-order valence-corrected chi connectivity index (χ1v) is 5.88. The van der Waals surface area contributed by atoms with Crippen molar-refractivity contribution in [1.82, 2.24) is 4.98 Å². The van der Waals surface area contributed by atoms with Crippen LogP contribution in [0.5, 0.6) is 0 Å². The zero-order valence-electron chi connectivity index (χ0n) is 9.35. The Balaban J connectivity index is 2.01. The first-order valence-electron chi connectivity index (χ1n) is 5.88. The van der Waals surface area contributed by atoms with Crippen molar-refractivity contribution in [2.75, 3.05) is 0 Å². The summed E-state index contributed by atoms with van der Waals surface area (Å²) in [7, 11) is 0. The van der Waals surface area contributed by atoms with Crippen molar-refractivity contribution in [3.8, 4) is 0 Å². The van der Waals surface area contributed by atoms with Crippen LogP contribution in [-0.2, 0) is 6.42 Å². The first kappa shape index (κ1) is 8.94. The summed E-state index contributed by atoms with van der Waals surface area (Å²) in [6.07, 6.45) is 9.68. The lowest BCUT2D eigenvalue weighted by Gasteiger charge is -2.15. The summed E-state index contributed by atoms with van der Waals surface area (Å²) in [5, 5.41) is 1.22. The lowest BCUT2D eigenvalue weighted by molar-refractivity contribution is 1.07. The second kappa shape index (κ2) is 3.17. The summed E-state index contributed by atoms with van der Waals surface area (Å²) >= 11 is 0. The van der Waals surface area contributed by atoms with Gasteiger partial charge in [0.25, 0.3) is 0 Å². The highest BCUT2D eigenvalue weighted by Gasteiger charge is 2.17. The molecule has 2 aliphatic rings. The third kappa shape index (κ3) is 1.29. The minimum absolute atomic E-state index is 0.957. The van der Waals surface area contributed by atoms with Gasteiger partial charge in [0.2, 0.25) is 0 Å². The SMILES string of the molecule is C1=CC2=Cc3cc4ccccc4nc3CC2=C1. The molecule has 1 heterocycles. The van der Waals surface area contributed by atoms with E-state index in [1.165, 1.54) is 27.8 Å². The highest BCUT2D eigenvalue weighted by Crippen LogP contribution is 2.32. The van der Waals surface area contributed by atoms with Crippen molar-refractivity contribution < 1.29 is 0 Å². The third-order valence-electron chi connectivity index (χ3n) is 3.45. The van der Waals surface area contributed by atoms with Gasteiger partial charge in [0.15, 0.2) is 0 Å². The van der Waals surface area contributed by atoms with Crippen molar-refractivity contribution in [3.63, 3.8) is 0 Å². The molecular weight excluding hydrogens is 206 g/mol. The lowest BCUT2D eigenvalue weighted by atomic mass is 9.92. The molecule has 17 heavy (non-hydrogen) atoms. The number of aromatic nitrogens is 1. The number of pyridine rings is 1. The van der Waals surface area contributed by atoms with Crippen molar-refractivity contribution >= 4 is 17.0 Å². The molecule has 2 aromatic rings. The summed E-state index contributed by atoms with van der Waals surface area (Å²) in [6, 6.07) is 10.6. The van der Waals surface area contributed by atoms with Crippen LogP contribution in [0.4, 0.5) is 0 Å². The quantitative estimate of drug-likeness (QED) is 0.656. The van der Waals surface area contributed by atoms with E-state index < -0.39 is 0 Å². The van der Waals surface area contributed by atoms with Crippen LogP contribution in [0.25, 0.3) is 17.0 Å². The fraction of sp³-hybridized carbons (Fsp3) is 0.0625. The second-order valence-corrected chi connectivity index (χ2v) is 4.54. The molecule has 80 valence electrons. The molecule has 0 bridgehead atoms. The Hall–Kier alpha value is -2.15. The molecule has 2 aliphatic carbocycles. The maximum Gasteiger partial charge on any atom is 0.0705 e. The minimum Gasteiger partial charge on any atom is -0.252 e. The zero-order chi connectivity index (χ0) is 11.2. The third-order valence-corrected chi connectivity index (χ3v) is 3.45. The molecule has 0 aliphatic heterocycles. The second-order valence-electron chi connectivity index (χ2n) is 4.54. The van der Waals surface area contributed by atoms with Gasteiger partial charge in [-0.05, 0) is 34.9 Å². The van der Waals surface area contributed by atoms with Gasteiger partial charge in [-0.15, -0.1) is 0 Å². The Morgan fingerprint density at radius 3 is 3.06 bits per heavy atom. The summed E-state index contributed by atoms with van der Waals surface area (Å²) in [5.41, 5.74) is 6.29. The molecule has 0 atom stereocenters. The van der Waals surface area contributed by atoms with Crippen molar-refractivity contribution in [1.29, 1.82) is 0 Å². The number of hydrogen-bond donors (Lipinski definition) is 0. The van der Waals surface area contributed by atoms with Gasteiger partial charge in [-0.25, -0.2) is 0 Å². The van der Waals surface area contributed by atoms with E-state index in [1.807, 2.05) is 6.07 Å². The predicted molar refractivity (Wildman–Crippen MR) is 70.6 cm³/mol. The van der Waals surface area contributed by atoms with Gasteiger partial charge in [-0.3, -0.25) is 4.98 Å². The maximum atomic E-state index is 4.76. The summed E-state index contributed by atoms with van der Waals surface area (Å²) in [5.74, 6) is 0. The fourth-order valence-electron chi connectivity index (χ4n) is 2.56. The van der Waals surface area contributed by atoms with E-state index in [9.17, 15) is 0 Å². The highest BCUT2D eigenvalue weighted by molar-refractivity contribution is 5.83. The molecule has 0 radical (unpaired) electrons. The molecule has 0 spiro atoms. The number of hydrogen-bond acceptors (Lipinski definition) is 1. The van der Waals surface area contributed by atoms with Crippen molar-refractivity contribution in [2.45, 2.75) is 6.42 Å². The number of fused-ring (bicyclic) bond motifs is 3. The minimum atomic E-state index is 0.957. The van der Waals surface area contributed by atoms with Gasteiger partial charge in [0.05, 0.1) is 11.2 Å². The van der Waals surface area contributed by atoms with E-state index >= 15 is 0 Å². The van der Waals surface area contributed by atoms with Gasteiger partial charge >= 0.3 is 0 Å². The number of benzene rings is 1. The Morgan fingerprint density at radius 2 is 2.06 bits per heavy atom. The monoisotopic (exact) mass is 217 g/mol. The predicted octanol–water partition coefficient (Wildman–Crippen LogP) is 3.67. The molecule has 4 rings (SSSR count). The molecule has 1 heteroatoms. The van der Waals surface area contributed by atoms with Crippen LogP contribution < -0.4 is 0 Å². The molecular formula is C16H11N. The molecule has 0 fully saturated rings. The van der Waals surface area contributed by atoms with Gasteiger partial charge in [-0.2, -0.15) is 0 Å². The van der Waals surface area contributed by atoms with Crippen molar-refractivity contribution in [2.24, 2.45) is 0 Å². The van der Waals surface area contributed by atoms with Gasteiger partial charge in [0.1, 0.15) is 0 Å². The van der Waals surface area contributed by atoms with Crippen LogP contribution in [0, 0.1) is 0 Å². The Bertz CT molecular complexity index is 717. The number of rotatable bonds is 0. The molecule has 0 saturated heterocycles. The molecule has 1 aromatic carbocycles. The number of allylic oxidation sites excluding steroid dienone is 5. The Labute approximate surface area is 99.8 Å². The van der Waals surface area contributed by atoms with E-state index in [-0.39, 0.29) is 0 Å². The van der Waals surface area contributed by atoms with Crippen LogP contribution in [0.3, 0.4) is 0 Å². The van der Waals surface area contributed by atoms with Gasteiger partial charge < -0.3 is 0 Å². The van der Waals surface area contributed by atoms with Crippen LogP contribution in [0.1, 0.15) is 11.3 Å². The van der Waals surface area contributed by atoms with E-state index in [0.29, 0.717) is 0 Å². The van der Waals surface area contributed by atoms with Crippen LogP contribution in [0.2, 0.25) is 0 Å². The lowest BCUT2D eigenvalue weighted by Crippen LogP contribution is -2.03. The van der Waals surface area contributed by atoms with Gasteiger partial charge in [-0.1, -0.05) is 36.4 Å². The summed E-state index contributed by atoms with van der Waals surface area (Å²) < 4.78 is 0. The Kier molecular flexibility index (Phi) is 1.67. The summed E-state index contributed by atoms with van der Waals surface area (Å²) in [4.78, 5) is 4.76. The number of para-hydroxylation sites is 1. The smallest absolute Gasteiger partial charge is 0.0705 e. The maximum absolute atomic E-state index is 4.76. The summed E-state index contributed by atoms with van der Waals surface area (Å²) in [6.45, 7) is 0. The van der Waals surface area contributed by atoms with Crippen LogP contribution >= 0.6 is 0 Å². The zero-order valence-corrected chi connectivity index (χ0v) is 9.35. The van der Waals surface area contributed by atoms with Crippen LogP contribution in [0.15, 0.2) is 59.7 Å². The Morgan fingerprint density at radius 1 is 1.12 bits per heavy atom. The largest absolute Gasteiger partial charge is 0.252 e. The van der Waals surface area contributed by atoms with E-state index in [4.69, 9.17) is 4.98 Å². The van der Waals surface area contributed by atoms with E-state index in [0.717, 1.165) is 11.9 Å². The molecule has 0 saturated carbocycles. The standard InChI is InChI=1S/C16H11N/c1-2-7-15-13(4-1)9-14-8-11-5-3-6-12(11)10-16(14)17-15/h1-9H,10H2. The fourth-order valence-corrected chi connectivity index (χ4v) is 2.56.